The Bertz CT molecular complexity index is 1040. The predicted molar refractivity (Wildman–Crippen MR) is 106 cm³/mol. The molecule has 29 heavy (non-hydrogen) atoms. The monoisotopic (exact) mass is 397 g/mol. The summed E-state index contributed by atoms with van der Waals surface area (Å²) in [5.41, 5.74) is 1.28. The van der Waals surface area contributed by atoms with Crippen LogP contribution in [0.3, 0.4) is 0 Å². The molecule has 150 valence electrons. The molecule has 0 spiro atoms. The number of hydrogen-bond donors (Lipinski definition) is 1. The van der Waals surface area contributed by atoms with E-state index in [1.807, 2.05) is 18.3 Å². The fraction of sp³-hybridized carbons (Fsp3) is 0.273. The van der Waals surface area contributed by atoms with Crippen LogP contribution >= 0.6 is 0 Å². The van der Waals surface area contributed by atoms with Gasteiger partial charge in [0, 0.05) is 43.1 Å². The average molecular weight is 397 g/mol. The van der Waals surface area contributed by atoms with Gasteiger partial charge in [-0.1, -0.05) is 18.2 Å². The predicted octanol–water partition coefficient (Wildman–Crippen LogP) is 3.48. The number of nitrogens with one attached hydrogen (secondary N) is 1. The number of fused-ring (bicyclic) bond motifs is 1. The summed E-state index contributed by atoms with van der Waals surface area (Å²) in [5.74, 6) is -3.10. The molecule has 0 radical (unpaired) electrons. The van der Waals surface area contributed by atoms with Crippen LogP contribution < -0.4 is 10.2 Å². The first kappa shape index (κ1) is 19.1. The van der Waals surface area contributed by atoms with E-state index in [4.69, 9.17) is 0 Å². The summed E-state index contributed by atoms with van der Waals surface area (Å²) in [6, 6.07) is 13.1. The molecular weight excluding hydrogens is 376 g/mol. The van der Waals surface area contributed by atoms with Crippen LogP contribution in [0.1, 0.15) is 12.8 Å². The Morgan fingerprint density at radius 3 is 2.66 bits per heavy atom. The van der Waals surface area contributed by atoms with Gasteiger partial charge in [-0.25, -0.2) is 8.78 Å². The second-order valence-corrected chi connectivity index (χ2v) is 7.17. The highest BCUT2D eigenvalue weighted by atomic mass is 19.1. The first-order valence-corrected chi connectivity index (χ1v) is 9.62. The highest BCUT2D eigenvalue weighted by molar-refractivity contribution is 6.09. The molecule has 0 saturated carbocycles. The van der Waals surface area contributed by atoms with Crippen molar-refractivity contribution in [2.24, 2.45) is 5.92 Å². The van der Waals surface area contributed by atoms with Gasteiger partial charge in [-0.05, 0) is 42.5 Å². The van der Waals surface area contributed by atoms with Crippen molar-refractivity contribution in [1.82, 2.24) is 9.88 Å². The molecular formula is C22H21F2N3O2. The van der Waals surface area contributed by atoms with Crippen molar-refractivity contribution < 1.29 is 18.4 Å². The molecule has 0 bridgehead atoms. The van der Waals surface area contributed by atoms with E-state index in [1.54, 1.807) is 0 Å². The number of aryl methyl sites for hydroxylation is 1. The van der Waals surface area contributed by atoms with Gasteiger partial charge >= 0.3 is 0 Å². The van der Waals surface area contributed by atoms with E-state index < -0.39 is 23.5 Å². The normalized spacial score (nSPS) is 16.6. The molecule has 1 aromatic heterocycles. The average Bonchev–Trinajstić information content (AvgIpc) is 3.28. The van der Waals surface area contributed by atoms with Gasteiger partial charge in [0.1, 0.15) is 17.6 Å². The van der Waals surface area contributed by atoms with Gasteiger partial charge in [0.25, 0.3) is 0 Å². The molecule has 1 aliphatic rings. The summed E-state index contributed by atoms with van der Waals surface area (Å²) < 4.78 is 29.0. The number of anilines is 1. The van der Waals surface area contributed by atoms with E-state index in [0.717, 1.165) is 36.7 Å². The Morgan fingerprint density at radius 2 is 1.86 bits per heavy atom. The van der Waals surface area contributed by atoms with Gasteiger partial charge in [-0.2, -0.15) is 0 Å². The molecule has 1 fully saturated rings. The molecule has 7 heteroatoms. The first-order chi connectivity index (χ1) is 14.0. The highest BCUT2D eigenvalue weighted by Gasteiger charge is 2.37. The minimum Gasteiger partial charge on any atom is -0.355 e. The number of hydrogen-bond acceptors (Lipinski definition) is 2. The van der Waals surface area contributed by atoms with Crippen molar-refractivity contribution >= 4 is 28.4 Å². The number of benzene rings is 2. The second kappa shape index (κ2) is 8.03. The molecule has 1 saturated heterocycles. The van der Waals surface area contributed by atoms with Gasteiger partial charge in [0.15, 0.2) is 0 Å². The fourth-order valence-corrected chi connectivity index (χ4v) is 3.79. The third-order valence-corrected chi connectivity index (χ3v) is 5.24. The van der Waals surface area contributed by atoms with Crippen molar-refractivity contribution in [3.8, 4) is 0 Å². The largest absolute Gasteiger partial charge is 0.355 e. The van der Waals surface area contributed by atoms with Gasteiger partial charge in [-0.3, -0.25) is 9.59 Å². The van der Waals surface area contributed by atoms with Gasteiger partial charge in [0.05, 0.1) is 0 Å². The SMILES string of the molecule is O=C(NCCCn1ccc2ccccc21)C1CCN(c2cc(F)cc(F)c2)C1=O. The van der Waals surface area contributed by atoms with Crippen molar-refractivity contribution in [3.63, 3.8) is 0 Å². The number of carbonyl (C=O) groups is 2. The van der Waals surface area contributed by atoms with Crippen LogP contribution in [0.4, 0.5) is 14.5 Å². The number of amides is 2. The van der Waals surface area contributed by atoms with E-state index in [9.17, 15) is 18.4 Å². The van der Waals surface area contributed by atoms with E-state index in [2.05, 4.69) is 28.1 Å². The number of carbonyl (C=O) groups excluding carboxylic acids is 2. The first-order valence-electron chi connectivity index (χ1n) is 9.62. The van der Waals surface area contributed by atoms with E-state index in [1.165, 1.54) is 10.3 Å². The molecule has 1 N–H and O–H groups in total. The third kappa shape index (κ3) is 3.99. The number of para-hydroxylation sites is 1. The lowest BCUT2D eigenvalue weighted by Crippen LogP contribution is -2.37. The summed E-state index contributed by atoms with van der Waals surface area (Å²) in [6.07, 6.45) is 3.07. The van der Waals surface area contributed by atoms with Crippen LogP contribution in [0.25, 0.3) is 10.9 Å². The minimum atomic E-state index is -0.825. The Balaban J connectivity index is 1.30. The number of rotatable bonds is 6. The standard InChI is InChI=1S/C22H21F2N3O2/c23-16-12-17(24)14-18(13-16)27-11-7-19(22(27)29)21(28)25-8-3-9-26-10-6-15-4-1-2-5-20(15)26/h1-2,4-6,10,12-14,19H,3,7-9,11H2,(H,25,28). The van der Waals surface area contributed by atoms with Crippen LogP contribution in [0.2, 0.25) is 0 Å². The summed E-state index contributed by atoms with van der Waals surface area (Å²) in [7, 11) is 0. The maximum atomic E-state index is 13.4. The van der Waals surface area contributed by atoms with E-state index >= 15 is 0 Å². The molecule has 5 nitrogen and oxygen atoms in total. The van der Waals surface area contributed by atoms with Crippen LogP contribution in [0, 0.1) is 17.6 Å². The summed E-state index contributed by atoms with van der Waals surface area (Å²) in [6.45, 7) is 1.46. The maximum Gasteiger partial charge on any atom is 0.239 e. The Morgan fingerprint density at radius 1 is 1.10 bits per heavy atom. The Labute approximate surface area is 166 Å². The van der Waals surface area contributed by atoms with Gasteiger partial charge < -0.3 is 14.8 Å². The highest BCUT2D eigenvalue weighted by Crippen LogP contribution is 2.26. The molecule has 1 atom stereocenters. The van der Waals surface area contributed by atoms with Crippen molar-refractivity contribution in [2.45, 2.75) is 19.4 Å². The fourth-order valence-electron chi connectivity index (χ4n) is 3.79. The Kier molecular flexibility index (Phi) is 5.29. The molecule has 3 aromatic rings. The van der Waals surface area contributed by atoms with Crippen LogP contribution in [-0.2, 0) is 16.1 Å². The van der Waals surface area contributed by atoms with Crippen LogP contribution in [-0.4, -0.2) is 29.5 Å². The summed E-state index contributed by atoms with van der Waals surface area (Å²) >= 11 is 0. The number of nitrogens with zero attached hydrogens (tertiary/aromatic N) is 2. The van der Waals surface area contributed by atoms with Gasteiger partial charge in [0.2, 0.25) is 11.8 Å². The van der Waals surface area contributed by atoms with E-state index in [0.29, 0.717) is 13.0 Å². The topological polar surface area (TPSA) is 54.3 Å². The molecule has 0 aliphatic carbocycles. The zero-order valence-electron chi connectivity index (χ0n) is 15.8. The Hall–Kier alpha value is -3.22. The number of halogens is 2. The molecule has 2 amide bonds. The molecule has 2 aromatic carbocycles. The second-order valence-electron chi connectivity index (χ2n) is 7.17. The van der Waals surface area contributed by atoms with Crippen molar-refractivity contribution in [3.05, 3.63) is 66.4 Å². The van der Waals surface area contributed by atoms with Crippen LogP contribution in [0.15, 0.2) is 54.7 Å². The lowest BCUT2D eigenvalue weighted by Gasteiger charge is -2.17. The van der Waals surface area contributed by atoms with Gasteiger partial charge in [-0.15, -0.1) is 0 Å². The lowest BCUT2D eigenvalue weighted by atomic mass is 10.1. The lowest BCUT2D eigenvalue weighted by molar-refractivity contribution is -0.132. The zero-order valence-corrected chi connectivity index (χ0v) is 15.8. The van der Waals surface area contributed by atoms with Crippen molar-refractivity contribution in [2.75, 3.05) is 18.0 Å². The van der Waals surface area contributed by atoms with Crippen molar-refractivity contribution in [1.29, 1.82) is 0 Å². The third-order valence-electron chi connectivity index (χ3n) is 5.24. The maximum absolute atomic E-state index is 13.4. The minimum absolute atomic E-state index is 0.141. The molecule has 4 rings (SSSR count). The molecule has 1 unspecified atom stereocenters. The molecule has 2 heterocycles. The number of aromatic nitrogens is 1. The summed E-state index contributed by atoms with van der Waals surface area (Å²) in [5, 5.41) is 3.98. The zero-order chi connectivity index (χ0) is 20.4. The van der Waals surface area contributed by atoms with E-state index in [-0.39, 0.29) is 18.1 Å². The summed E-state index contributed by atoms with van der Waals surface area (Å²) in [4.78, 5) is 26.2. The quantitative estimate of drug-likeness (QED) is 0.512. The van der Waals surface area contributed by atoms with Crippen LogP contribution in [0.5, 0.6) is 0 Å². The smallest absolute Gasteiger partial charge is 0.239 e. The molecule has 1 aliphatic heterocycles.